The lowest BCUT2D eigenvalue weighted by Crippen LogP contribution is -2.63. The number of nitrogens with zero attached hydrogens (tertiary/aromatic N) is 3. The molecule has 2 amide bonds. The fourth-order valence-electron chi connectivity index (χ4n) is 4.31. The second-order valence-electron chi connectivity index (χ2n) is 8.57. The van der Waals surface area contributed by atoms with Crippen LogP contribution in [0.25, 0.3) is 0 Å². The first-order chi connectivity index (χ1) is 17.3. The van der Waals surface area contributed by atoms with Crippen molar-refractivity contribution in [2.45, 2.75) is 37.0 Å². The minimum atomic E-state index is -1.25. The van der Waals surface area contributed by atoms with Crippen molar-refractivity contribution in [3.05, 3.63) is 77.4 Å². The van der Waals surface area contributed by atoms with Crippen molar-refractivity contribution in [3.63, 3.8) is 0 Å². The molecule has 2 aromatic carbocycles. The summed E-state index contributed by atoms with van der Waals surface area (Å²) < 4.78 is 11.8. The largest absolute Gasteiger partial charge is 0.496 e. The van der Waals surface area contributed by atoms with E-state index in [1.165, 1.54) is 18.3 Å². The van der Waals surface area contributed by atoms with Crippen LogP contribution < -0.4 is 10.1 Å². The molecule has 188 valence electrons. The van der Waals surface area contributed by atoms with Crippen molar-refractivity contribution in [2.75, 3.05) is 20.5 Å². The molecule has 3 aromatic rings. The molecular formula is C26H28N4O5S. The molecule has 1 aliphatic rings. The minimum Gasteiger partial charge on any atom is -0.496 e. The van der Waals surface area contributed by atoms with Gasteiger partial charge in [-0.05, 0) is 36.9 Å². The Labute approximate surface area is 213 Å². The normalized spacial score (nSPS) is 16.9. The van der Waals surface area contributed by atoms with Crippen molar-refractivity contribution < 1.29 is 23.9 Å². The summed E-state index contributed by atoms with van der Waals surface area (Å²) in [6.07, 6.45) is 3.39. The number of carbonyl (C=O) groups is 3. The Morgan fingerprint density at radius 1 is 1.14 bits per heavy atom. The molecule has 4 rings (SSSR count). The number of para-hydroxylation sites is 1. The zero-order valence-corrected chi connectivity index (χ0v) is 21.4. The molecular weight excluding hydrogens is 480 g/mol. The number of nitrogens with one attached hydrogen (secondary N) is 1. The first-order valence-electron chi connectivity index (χ1n) is 11.3. The Hall–Kier alpha value is -3.79. The number of hydrogen-bond acceptors (Lipinski definition) is 7. The third-order valence-electron chi connectivity index (χ3n) is 6.36. The van der Waals surface area contributed by atoms with Gasteiger partial charge in [-0.25, -0.2) is 9.78 Å². The summed E-state index contributed by atoms with van der Waals surface area (Å²) in [6.45, 7) is 2.25. The third-order valence-corrected chi connectivity index (χ3v) is 7.10. The van der Waals surface area contributed by atoms with Crippen LogP contribution >= 0.6 is 11.8 Å². The Kier molecular flexibility index (Phi) is 7.35. The summed E-state index contributed by atoms with van der Waals surface area (Å²) in [4.78, 5) is 46.5. The van der Waals surface area contributed by atoms with Gasteiger partial charge < -0.3 is 24.3 Å². The number of methoxy groups -OCH3 is 2. The van der Waals surface area contributed by atoms with Gasteiger partial charge in [-0.2, -0.15) is 0 Å². The lowest BCUT2D eigenvalue weighted by molar-refractivity contribution is -0.133. The van der Waals surface area contributed by atoms with Gasteiger partial charge in [-0.1, -0.05) is 30.3 Å². The Morgan fingerprint density at radius 3 is 2.53 bits per heavy atom. The van der Waals surface area contributed by atoms with Gasteiger partial charge in [0.05, 0.1) is 27.1 Å². The molecule has 0 unspecified atom stereocenters. The van der Waals surface area contributed by atoms with Gasteiger partial charge in [-0.3, -0.25) is 9.59 Å². The molecule has 9 nitrogen and oxygen atoms in total. The third kappa shape index (κ3) is 4.68. The van der Waals surface area contributed by atoms with Gasteiger partial charge in [0.1, 0.15) is 17.0 Å². The van der Waals surface area contributed by atoms with E-state index in [1.807, 2.05) is 54.8 Å². The number of imidazole rings is 1. The van der Waals surface area contributed by atoms with E-state index < -0.39 is 17.4 Å². The van der Waals surface area contributed by atoms with Gasteiger partial charge >= 0.3 is 5.97 Å². The lowest BCUT2D eigenvalue weighted by atomic mass is 9.93. The standard InChI is InChI=1S/C26H28N4O5S/c1-26(25(33)27-13-18-7-5-6-8-20(18)34-2)15-29-16-28-21(24(32)35-3)22(29)23(31)30(26)14-17-9-11-19(36-4)12-10-17/h5-12,16H,13-15H2,1-4H3,(H,27,33)/t26-/m1/s1. The highest BCUT2D eigenvalue weighted by molar-refractivity contribution is 7.98. The number of aromatic nitrogens is 2. The van der Waals surface area contributed by atoms with Crippen molar-refractivity contribution in [2.24, 2.45) is 0 Å². The average molecular weight is 509 g/mol. The number of ether oxygens (including phenoxy) is 2. The van der Waals surface area contributed by atoms with Crippen molar-refractivity contribution in [1.82, 2.24) is 19.8 Å². The molecule has 0 radical (unpaired) electrons. The van der Waals surface area contributed by atoms with E-state index in [0.717, 1.165) is 16.0 Å². The van der Waals surface area contributed by atoms with Crippen LogP contribution in [0.3, 0.4) is 0 Å². The molecule has 1 N–H and O–H groups in total. The molecule has 2 heterocycles. The maximum atomic E-state index is 13.8. The fraction of sp³-hybridized carbons (Fsp3) is 0.308. The number of esters is 1. The van der Waals surface area contributed by atoms with E-state index in [9.17, 15) is 14.4 Å². The highest BCUT2D eigenvalue weighted by Gasteiger charge is 2.49. The number of fused-ring (bicyclic) bond motifs is 1. The Morgan fingerprint density at radius 2 is 1.86 bits per heavy atom. The SMILES string of the molecule is COC(=O)c1ncn2c1C(=O)N(Cc1ccc(SC)cc1)[C@@](C)(C(=O)NCc1ccccc1OC)C2. The van der Waals surface area contributed by atoms with Crippen LogP contribution in [-0.4, -0.2) is 58.2 Å². The van der Waals surface area contributed by atoms with Crippen molar-refractivity contribution in [3.8, 4) is 5.75 Å². The van der Waals surface area contributed by atoms with Crippen LogP contribution in [0.2, 0.25) is 0 Å². The van der Waals surface area contributed by atoms with E-state index in [0.29, 0.717) is 5.75 Å². The molecule has 0 saturated heterocycles. The van der Waals surface area contributed by atoms with E-state index in [1.54, 1.807) is 30.4 Å². The van der Waals surface area contributed by atoms with Gasteiger partial charge in [0.25, 0.3) is 5.91 Å². The summed E-state index contributed by atoms with van der Waals surface area (Å²) in [5.41, 5.74) is 0.463. The first-order valence-corrected chi connectivity index (χ1v) is 12.5. The zero-order chi connectivity index (χ0) is 25.9. The highest BCUT2D eigenvalue weighted by Crippen LogP contribution is 2.31. The van der Waals surface area contributed by atoms with Gasteiger partial charge in [0, 0.05) is 23.5 Å². The van der Waals surface area contributed by atoms with Crippen molar-refractivity contribution in [1.29, 1.82) is 0 Å². The van der Waals surface area contributed by atoms with E-state index in [4.69, 9.17) is 9.47 Å². The second kappa shape index (κ2) is 10.4. The minimum absolute atomic E-state index is 0.0679. The lowest BCUT2D eigenvalue weighted by Gasteiger charge is -2.43. The predicted molar refractivity (Wildman–Crippen MR) is 135 cm³/mol. The maximum absolute atomic E-state index is 13.8. The second-order valence-corrected chi connectivity index (χ2v) is 9.45. The molecule has 0 spiro atoms. The maximum Gasteiger partial charge on any atom is 0.359 e. The molecule has 0 aliphatic carbocycles. The smallest absolute Gasteiger partial charge is 0.359 e. The van der Waals surface area contributed by atoms with Crippen LogP contribution in [0.1, 0.15) is 39.0 Å². The molecule has 0 bridgehead atoms. The van der Waals surface area contributed by atoms with Crippen LogP contribution in [0.15, 0.2) is 59.8 Å². The summed E-state index contributed by atoms with van der Waals surface area (Å²) in [6, 6.07) is 15.2. The van der Waals surface area contributed by atoms with Crippen LogP contribution in [0, 0.1) is 0 Å². The van der Waals surface area contributed by atoms with Crippen LogP contribution in [0.5, 0.6) is 5.75 Å². The first kappa shape index (κ1) is 25.3. The Balaban J connectivity index is 1.69. The summed E-state index contributed by atoms with van der Waals surface area (Å²) in [5.74, 6) is -0.844. The number of thioether (sulfide) groups is 1. The van der Waals surface area contributed by atoms with Crippen LogP contribution in [-0.2, 0) is 29.2 Å². The number of amides is 2. The summed E-state index contributed by atoms with van der Waals surface area (Å²) >= 11 is 1.62. The Bertz CT molecular complexity index is 1290. The molecule has 1 aliphatic heterocycles. The summed E-state index contributed by atoms with van der Waals surface area (Å²) in [5, 5.41) is 2.97. The zero-order valence-electron chi connectivity index (χ0n) is 20.6. The van der Waals surface area contributed by atoms with Crippen molar-refractivity contribution >= 4 is 29.5 Å². The van der Waals surface area contributed by atoms with E-state index in [2.05, 4.69) is 10.3 Å². The van der Waals surface area contributed by atoms with Crippen LogP contribution in [0.4, 0.5) is 0 Å². The quantitative estimate of drug-likeness (QED) is 0.368. The number of carbonyl (C=O) groups excluding carboxylic acids is 3. The average Bonchev–Trinajstić information content (AvgIpc) is 3.33. The molecule has 0 fully saturated rings. The number of hydrogen-bond donors (Lipinski definition) is 1. The predicted octanol–water partition coefficient (Wildman–Crippen LogP) is 3.13. The number of benzene rings is 2. The number of rotatable bonds is 8. The van der Waals surface area contributed by atoms with E-state index >= 15 is 0 Å². The monoisotopic (exact) mass is 508 g/mol. The molecule has 0 saturated carbocycles. The summed E-state index contributed by atoms with van der Waals surface area (Å²) in [7, 11) is 2.81. The van der Waals surface area contributed by atoms with Gasteiger partial charge in [-0.15, -0.1) is 11.8 Å². The van der Waals surface area contributed by atoms with E-state index in [-0.39, 0.29) is 36.9 Å². The fourth-order valence-corrected chi connectivity index (χ4v) is 4.72. The highest BCUT2D eigenvalue weighted by atomic mass is 32.2. The molecule has 36 heavy (non-hydrogen) atoms. The molecule has 10 heteroatoms. The molecule has 1 aromatic heterocycles. The topological polar surface area (TPSA) is 103 Å². The van der Waals surface area contributed by atoms with Gasteiger partial charge in [0.15, 0.2) is 5.69 Å². The molecule has 1 atom stereocenters. The van der Waals surface area contributed by atoms with Gasteiger partial charge in [0.2, 0.25) is 5.91 Å².